The first-order valence-electron chi connectivity index (χ1n) is 30.1. The van der Waals surface area contributed by atoms with Crippen molar-refractivity contribution in [3.8, 4) is 0 Å². The van der Waals surface area contributed by atoms with E-state index in [4.69, 9.17) is 5.73 Å². The van der Waals surface area contributed by atoms with Crippen LogP contribution in [-0.2, 0) is 20.4 Å². The Labute approximate surface area is 567 Å². The molecule has 92 heavy (non-hydrogen) atoms. The zero-order valence-corrected chi connectivity index (χ0v) is 56.7. The van der Waals surface area contributed by atoms with Gasteiger partial charge in [0.25, 0.3) is 0 Å². The molecule has 0 fully saturated rings. The van der Waals surface area contributed by atoms with Crippen molar-refractivity contribution >= 4 is 113 Å². The van der Waals surface area contributed by atoms with E-state index >= 15 is 0 Å². The number of rotatable bonds is 14. The number of nitrogens with two attached hydrogens (primary N) is 1. The zero-order valence-electron chi connectivity index (χ0n) is 50.7. The van der Waals surface area contributed by atoms with Crippen LogP contribution in [0.25, 0.3) is 0 Å². The largest absolute Gasteiger partial charge is 0.396 e. The summed E-state index contributed by atoms with van der Waals surface area (Å²) in [4.78, 5) is 1.94. The number of anilines is 1. The molecule has 0 atom stereocenters. The molecule has 454 valence electrons. The topological polar surface area (TPSA) is 26.0 Å². The minimum atomic E-state index is -0.446. The summed E-state index contributed by atoms with van der Waals surface area (Å²) in [6, 6.07) is 144. The molecule has 0 spiro atoms. The molecule has 0 bridgehead atoms. The van der Waals surface area contributed by atoms with Crippen molar-refractivity contribution < 1.29 is 24.8 Å². The smallest absolute Gasteiger partial charge is 0.147 e. The molecular formula is C84H70FNP4PdS. The normalized spacial score (nSPS) is 10.4. The molecule has 0 aliphatic rings. The van der Waals surface area contributed by atoms with Gasteiger partial charge in [0.1, 0.15) is 5.82 Å². The second kappa shape index (κ2) is 37.8. The van der Waals surface area contributed by atoms with Gasteiger partial charge < -0.3 is 5.73 Å². The molecule has 14 aromatic carbocycles. The third-order valence-corrected chi connectivity index (χ3v) is 24.9. The van der Waals surface area contributed by atoms with Crippen LogP contribution in [0.3, 0.4) is 0 Å². The number of halogens is 1. The standard InChI is InChI=1S/4C18H15P.C12H10FNS.Pd/c4*1-4-10-16(11-5-1)19(17-12-6-2-7-13-17)18-14-8-3-9-15-18;13-11-8-10(6-7-12(11)14)15-9-4-2-1-3-5-9;/h4*1-15H;1-8H,14H2;. The first-order valence-corrected chi connectivity index (χ1v) is 36.3. The molecule has 0 heterocycles. The van der Waals surface area contributed by atoms with Gasteiger partial charge in [0.15, 0.2) is 0 Å². The third kappa shape index (κ3) is 20.5. The molecule has 0 saturated heterocycles. The Morgan fingerprint density at radius 1 is 0.196 bits per heavy atom. The second-order valence-corrected chi connectivity index (χ2v) is 30.5. The van der Waals surface area contributed by atoms with E-state index in [9.17, 15) is 4.39 Å². The summed E-state index contributed by atoms with van der Waals surface area (Å²) >= 11 is 1.51. The summed E-state index contributed by atoms with van der Waals surface area (Å²) in [6.45, 7) is 0. The van der Waals surface area contributed by atoms with Crippen molar-refractivity contribution in [2.24, 2.45) is 0 Å². The maximum Gasteiger partial charge on any atom is 0.147 e. The average Bonchev–Trinajstić information content (AvgIpc) is 1.28. The van der Waals surface area contributed by atoms with E-state index in [2.05, 4.69) is 364 Å². The van der Waals surface area contributed by atoms with Crippen molar-refractivity contribution in [2.45, 2.75) is 9.79 Å². The molecule has 0 radical (unpaired) electrons. The summed E-state index contributed by atoms with van der Waals surface area (Å²) in [6.07, 6.45) is 0. The molecule has 14 aromatic rings. The molecule has 0 unspecified atom stereocenters. The van der Waals surface area contributed by atoms with Gasteiger partial charge >= 0.3 is 0 Å². The van der Waals surface area contributed by atoms with Crippen LogP contribution in [0.1, 0.15) is 0 Å². The number of nitrogen functional groups attached to an aromatic ring is 1. The van der Waals surface area contributed by atoms with E-state index < -0.39 is 31.7 Å². The van der Waals surface area contributed by atoms with Crippen LogP contribution in [-0.4, -0.2) is 0 Å². The Bertz CT molecular complexity index is 3400. The number of benzene rings is 14. The average molecular weight is 1370 g/mol. The third-order valence-electron chi connectivity index (χ3n) is 14.1. The predicted molar refractivity (Wildman–Crippen MR) is 402 cm³/mol. The van der Waals surface area contributed by atoms with Crippen LogP contribution < -0.4 is 69.4 Å². The van der Waals surface area contributed by atoms with Crippen molar-refractivity contribution in [3.05, 3.63) is 418 Å². The van der Waals surface area contributed by atoms with E-state index in [1.807, 2.05) is 36.4 Å². The Balaban J connectivity index is 0.000000136. The predicted octanol–water partition coefficient (Wildman–Crippen LogP) is 17.3. The van der Waals surface area contributed by atoms with E-state index in [0.29, 0.717) is 0 Å². The van der Waals surface area contributed by atoms with Gasteiger partial charge in [-0.1, -0.05) is 394 Å². The first kappa shape index (κ1) is 67.9. The molecular weight excluding hydrogens is 1300 g/mol. The molecule has 0 saturated carbocycles. The molecule has 8 heteroatoms. The van der Waals surface area contributed by atoms with Crippen LogP contribution in [0.2, 0.25) is 0 Å². The summed E-state index contributed by atoms with van der Waals surface area (Å²) in [5.74, 6) is -0.365. The van der Waals surface area contributed by atoms with Gasteiger partial charge in [0, 0.05) is 30.2 Å². The maximum absolute atomic E-state index is 13.1. The van der Waals surface area contributed by atoms with Crippen molar-refractivity contribution in [1.29, 1.82) is 0 Å². The summed E-state index contributed by atoms with van der Waals surface area (Å²) in [5.41, 5.74) is 5.59. The molecule has 0 aromatic heterocycles. The Morgan fingerprint density at radius 2 is 0.348 bits per heavy atom. The van der Waals surface area contributed by atoms with Gasteiger partial charge in [-0.3, -0.25) is 0 Å². The van der Waals surface area contributed by atoms with Crippen LogP contribution >= 0.6 is 43.4 Å². The van der Waals surface area contributed by atoms with Crippen LogP contribution in [0.15, 0.2) is 422 Å². The number of hydrogen-bond donors (Lipinski definition) is 1. The fourth-order valence-electron chi connectivity index (χ4n) is 9.91. The molecule has 0 aliphatic carbocycles. The fourth-order valence-corrected chi connectivity index (χ4v) is 20.0. The summed E-state index contributed by atoms with van der Waals surface area (Å²) in [5, 5.41) is 16.8. The van der Waals surface area contributed by atoms with Gasteiger partial charge in [0.2, 0.25) is 0 Å². The quantitative estimate of drug-likeness (QED) is 0.0667. The number of hydrogen-bond acceptors (Lipinski definition) is 2. The van der Waals surface area contributed by atoms with E-state index in [1.165, 1.54) is 81.5 Å². The molecule has 1 nitrogen and oxygen atoms in total. The van der Waals surface area contributed by atoms with Crippen LogP contribution in [0.4, 0.5) is 10.1 Å². The minimum absolute atomic E-state index is 0. The van der Waals surface area contributed by atoms with E-state index in [0.717, 1.165) is 9.79 Å². The Morgan fingerprint density at radius 3 is 0.500 bits per heavy atom. The molecule has 2 N–H and O–H groups in total. The minimum Gasteiger partial charge on any atom is -0.396 e. The summed E-state index contributed by atoms with van der Waals surface area (Å²) in [7, 11) is -1.78. The van der Waals surface area contributed by atoms with Gasteiger partial charge in [-0.25, -0.2) is 4.39 Å². The summed E-state index contributed by atoms with van der Waals surface area (Å²) < 4.78 is 13.1. The van der Waals surface area contributed by atoms with Crippen LogP contribution in [0.5, 0.6) is 0 Å². The van der Waals surface area contributed by atoms with Gasteiger partial charge in [0.05, 0.1) is 5.69 Å². The van der Waals surface area contributed by atoms with Crippen LogP contribution in [0, 0.1) is 5.82 Å². The van der Waals surface area contributed by atoms with E-state index in [-0.39, 0.29) is 31.9 Å². The maximum atomic E-state index is 13.1. The van der Waals surface area contributed by atoms with Crippen molar-refractivity contribution in [1.82, 2.24) is 0 Å². The fraction of sp³-hybridized carbons (Fsp3) is 0. The molecule has 0 amide bonds. The monoisotopic (exact) mass is 1370 g/mol. The second-order valence-electron chi connectivity index (χ2n) is 20.5. The van der Waals surface area contributed by atoms with Crippen molar-refractivity contribution in [3.63, 3.8) is 0 Å². The first-order chi connectivity index (χ1) is 45.1. The van der Waals surface area contributed by atoms with Gasteiger partial charge in [-0.15, -0.1) is 0 Å². The van der Waals surface area contributed by atoms with E-state index in [1.54, 1.807) is 6.07 Å². The molecule has 0 aliphatic heterocycles. The van der Waals surface area contributed by atoms with Crippen molar-refractivity contribution in [2.75, 3.05) is 5.73 Å². The SMILES string of the molecule is Nc1ccc(Sc2ccccc2)cc1F.[Pd].c1ccc(P(c2ccccc2)c2ccccc2)cc1.c1ccc(P(c2ccccc2)c2ccccc2)cc1.c1ccc(P(c2ccccc2)c2ccccc2)cc1.c1ccc(P(c2ccccc2)c2ccccc2)cc1. The molecule has 14 rings (SSSR count). The van der Waals surface area contributed by atoms with Gasteiger partial charge in [-0.2, -0.15) is 0 Å². The Hall–Kier alpha value is -8.46. The van der Waals surface area contributed by atoms with Gasteiger partial charge in [-0.05, 0) is 126 Å². The zero-order chi connectivity index (χ0) is 62.3. The Kier molecular flexibility index (Phi) is 27.9.